The Morgan fingerprint density at radius 3 is 2.48 bits per heavy atom. The van der Waals surface area contributed by atoms with Crippen LogP contribution in [0.25, 0.3) is 0 Å². The highest BCUT2D eigenvalue weighted by molar-refractivity contribution is 6.00. The molecule has 0 aliphatic heterocycles. The molecule has 1 fully saturated rings. The van der Waals surface area contributed by atoms with Crippen molar-refractivity contribution in [2.45, 2.75) is 71.8 Å². The molecule has 2 aromatic rings. The van der Waals surface area contributed by atoms with Crippen molar-refractivity contribution in [3.8, 4) is 5.88 Å². The second kappa shape index (κ2) is 11.2. The number of alkyl halides is 2. The number of ether oxygens (including phenoxy) is 1. The molecule has 1 amide bonds. The van der Waals surface area contributed by atoms with E-state index in [1.54, 1.807) is 25.3 Å². The summed E-state index contributed by atoms with van der Waals surface area (Å²) >= 11 is 0. The normalized spacial score (nSPS) is 19.4. The van der Waals surface area contributed by atoms with Crippen LogP contribution in [0.3, 0.4) is 0 Å². The summed E-state index contributed by atoms with van der Waals surface area (Å²) in [5, 5.41) is 11.8. The van der Waals surface area contributed by atoms with Crippen LogP contribution in [0.5, 0.6) is 5.88 Å². The van der Waals surface area contributed by atoms with Crippen molar-refractivity contribution in [1.29, 1.82) is 0 Å². The number of hydrogen-bond acceptors (Lipinski definition) is 5. The minimum atomic E-state index is -3.09. The lowest BCUT2D eigenvalue weighted by atomic mass is 9.57. The zero-order valence-electron chi connectivity index (χ0n) is 19.6. The first-order valence-corrected chi connectivity index (χ1v) is 11.0. The Bertz CT molecular complexity index is 976. The van der Waals surface area contributed by atoms with Gasteiger partial charge in [0.05, 0.1) is 11.1 Å². The lowest BCUT2D eigenvalue weighted by molar-refractivity contribution is -0.141. The highest BCUT2D eigenvalue weighted by atomic mass is 19.3. The Morgan fingerprint density at radius 2 is 1.91 bits per heavy atom. The van der Waals surface area contributed by atoms with Gasteiger partial charge in [0, 0.05) is 18.3 Å². The Hall–Kier alpha value is -3.10. The molecule has 0 unspecified atom stereocenters. The third-order valence-electron chi connectivity index (χ3n) is 5.53. The van der Waals surface area contributed by atoms with Gasteiger partial charge >= 0.3 is 12.6 Å². The molecule has 2 N–H and O–H groups in total. The third-order valence-corrected chi connectivity index (χ3v) is 5.53. The van der Waals surface area contributed by atoms with E-state index in [0.29, 0.717) is 24.2 Å². The predicted molar refractivity (Wildman–Crippen MR) is 121 cm³/mol. The van der Waals surface area contributed by atoms with Crippen molar-refractivity contribution < 1.29 is 28.2 Å². The van der Waals surface area contributed by atoms with E-state index in [1.165, 1.54) is 6.07 Å². The molecule has 33 heavy (non-hydrogen) atoms. The van der Waals surface area contributed by atoms with Crippen LogP contribution in [-0.4, -0.2) is 33.6 Å². The van der Waals surface area contributed by atoms with Gasteiger partial charge in [-0.25, -0.2) is 4.98 Å². The van der Waals surface area contributed by atoms with E-state index in [1.807, 2.05) is 33.8 Å². The van der Waals surface area contributed by atoms with E-state index in [4.69, 9.17) is 5.11 Å². The number of pyridine rings is 2. The molecule has 1 saturated carbocycles. The fourth-order valence-corrected chi connectivity index (χ4v) is 4.13. The summed E-state index contributed by atoms with van der Waals surface area (Å²) in [6.07, 6.45) is 2.14. The van der Waals surface area contributed by atoms with Crippen molar-refractivity contribution in [1.82, 2.24) is 9.97 Å². The number of carboxylic acid groups (broad SMARTS) is 1. The summed E-state index contributed by atoms with van der Waals surface area (Å²) in [7, 11) is 0. The lowest BCUT2D eigenvalue weighted by Gasteiger charge is -2.46. The molecular formula is C24H31F2N3O4. The van der Waals surface area contributed by atoms with E-state index in [0.717, 1.165) is 5.56 Å². The monoisotopic (exact) mass is 463 g/mol. The number of aliphatic carboxylic acids is 1. The number of halogens is 2. The molecule has 3 rings (SSSR count). The number of carbonyl (C=O) groups excluding carboxylic acids is 1. The van der Waals surface area contributed by atoms with Crippen molar-refractivity contribution in [2.75, 3.05) is 5.32 Å². The zero-order chi connectivity index (χ0) is 24.8. The quantitative estimate of drug-likeness (QED) is 0.551. The zero-order valence-corrected chi connectivity index (χ0v) is 19.6. The SMILES string of the molecule is CC.Cc1ccc(NC(=O)C2(c3ncccc3C(C)C)CC(CC(=O)O)C2)c(OC(F)F)n1. The maximum absolute atomic E-state index is 13.5. The Kier molecular flexibility index (Phi) is 8.84. The van der Waals surface area contributed by atoms with E-state index >= 15 is 0 Å². The summed E-state index contributed by atoms with van der Waals surface area (Å²) < 4.78 is 30.1. The summed E-state index contributed by atoms with van der Waals surface area (Å²) in [5.41, 5.74) is 0.894. The molecule has 0 radical (unpaired) electrons. The number of nitrogens with one attached hydrogen (secondary N) is 1. The standard InChI is InChI=1S/C22H25F2N3O4.C2H6/c1-12(2)15-5-4-8-25-18(15)22(10-14(11-22)9-17(28)29)20(30)27-16-7-6-13(3)26-19(16)31-21(23)24;1-2/h4-8,12,14,21H,9-11H2,1-3H3,(H,27,30)(H,28,29);1-2H3. The van der Waals surface area contributed by atoms with Gasteiger partial charge in [-0.3, -0.25) is 14.6 Å². The van der Waals surface area contributed by atoms with Crippen molar-refractivity contribution >= 4 is 17.6 Å². The van der Waals surface area contributed by atoms with Crippen LogP contribution >= 0.6 is 0 Å². The summed E-state index contributed by atoms with van der Waals surface area (Å²) in [4.78, 5) is 33.1. The third kappa shape index (κ3) is 6.03. The molecule has 0 bridgehead atoms. The molecule has 1 aliphatic carbocycles. The van der Waals surface area contributed by atoms with Gasteiger partial charge in [-0.05, 0) is 55.4 Å². The van der Waals surface area contributed by atoms with Crippen LogP contribution in [0, 0.1) is 12.8 Å². The molecule has 0 aromatic carbocycles. The number of hydrogen-bond donors (Lipinski definition) is 2. The molecule has 180 valence electrons. The van der Waals surface area contributed by atoms with Gasteiger partial charge in [0.15, 0.2) is 0 Å². The van der Waals surface area contributed by atoms with Crippen LogP contribution < -0.4 is 10.1 Å². The highest BCUT2D eigenvalue weighted by Crippen LogP contribution is 2.51. The minimum Gasteiger partial charge on any atom is -0.481 e. The average molecular weight is 464 g/mol. The Morgan fingerprint density at radius 1 is 1.24 bits per heavy atom. The van der Waals surface area contributed by atoms with Crippen LogP contribution in [0.1, 0.15) is 69.8 Å². The van der Waals surface area contributed by atoms with E-state index in [2.05, 4.69) is 20.0 Å². The van der Waals surface area contributed by atoms with Gasteiger partial charge in [-0.1, -0.05) is 33.8 Å². The number of anilines is 1. The number of carbonyl (C=O) groups is 2. The maximum atomic E-state index is 13.5. The van der Waals surface area contributed by atoms with Crippen LogP contribution in [0.4, 0.5) is 14.5 Å². The molecule has 9 heteroatoms. The van der Waals surface area contributed by atoms with Crippen molar-refractivity contribution in [3.63, 3.8) is 0 Å². The number of aromatic nitrogens is 2. The summed E-state index contributed by atoms with van der Waals surface area (Å²) in [6, 6.07) is 6.72. The first-order chi connectivity index (χ1) is 15.6. The number of amides is 1. The Balaban J connectivity index is 0.00000187. The fraction of sp³-hybridized carbons (Fsp3) is 0.500. The largest absolute Gasteiger partial charge is 0.481 e. The predicted octanol–water partition coefficient (Wildman–Crippen LogP) is 5.30. The van der Waals surface area contributed by atoms with Crippen LogP contribution in [0.15, 0.2) is 30.5 Å². The first kappa shape index (κ1) is 26.2. The van der Waals surface area contributed by atoms with Gasteiger partial charge in [0.1, 0.15) is 5.69 Å². The molecule has 1 aliphatic rings. The maximum Gasteiger partial charge on any atom is 0.388 e. The topological polar surface area (TPSA) is 101 Å². The average Bonchev–Trinajstić information content (AvgIpc) is 2.73. The molecule has 2 heterocycles. The summed E-state index contributed by atoms with van der Waals surface area (Å²) in [5.74, 6) is -1.84. The fourth-order valence-electron chi connectivity index (χ4n) is 4.13. The van der Waals surface area contributed by atoms with Gasteiger partial charge in [-0.2, -0.15) is 8.78 Å². The van der Waals surface area contributed by atoms with Gasteiger partial charge < -0.3 is 15.2 Å². The van der Waals surface area contributed by atoms with Gasteiger partial charge in [-0.15, -0.1) is 0 Å². The number of nitrogens with zero attached hydrogens (tertiary/aromatic N) is 2. The van der Waals surface area contributed by atoms with Crippen LogP contribution in [0.2, 0.25) is 0 Å². The van der Waals surface area contributed by atoms with Gasteiger partial charge in [0.25, 0.3) is 0 Å². The highest BCUT2D eigenvalue weighted by Gasteiger charge is 2.54. The summed E-state index contributed by atoms with van der Waals surface area (Å²) in [6.45, 7) is 6.50. The lowest BCUT2D eigenvalue weighted by Crippen LogP contribution is -2.52. The molecular weight excluding hydrogens is 432 g/mol. The number of carboxylic acids is 1. The van der Waals surface area contributed by atoms with E-state index in [9.17, 15) is 18.4 Å². The smallest absolute Gasteiger partial charge is 0.388 e. The first-order valence-electron chi connectivity index (χ1n) is 11.0. The van der Waals surface area contributed by atoms with E-state index in [-0.39, 0.29) is 29.8 Å². The Labute approximate surface area is 192 Å². The van der Waals surface area contributed by atoms with Crippen molar-refractivity contribution in [3.05, 3.63) is 47.4 Å². The molecule has 0 spiro atoms. The second-order valence-electron chi connectivity index (χ2n) is 8.19. The molecule has 7 nitrogen and oxygen atoms in total. The number of aryl methyl sites for hydroxylation is 1. The van der Waals surface area contributed by atoms with Crippen LogP contribution in [-0.2, 0) is 15.0 Å². The second-order valence-corrected chi connectivity index (χ2v) is 8.19. The van der Waals surface area contributed by atoms with E-state index < -0.39 is 23.9 Å². The number of rotatable bonds is 8. The molecule has 2 aromatic heterocycles. The van der Waals surface area contributed by atoms with Crippen molar-refractivity contribution in [2.24, 2.45) is 5.92 Å². The molecule has 0 saturated heterocycles. The molecule has 0 atom stereocenters. The van der Waals surface area contributed by atoms with Gasteiger partial charge in [0.2, 0.25) is 11.8 Å². The minimum absolute atomic E-state index is 0.0268.